The van der Waals surface area contributed by atoms with Crippen molar-refractivity contribution in [1.82, 2.24) is 24.8 Å². The van der Waals surface area contributed by atoms with E-state index >= 15 is 0 Å². The zero-order valence-electron chi connectivity index (χ0n) is 18.3. The Balaban J connectivity index is 1.25. The van der Waals surface area contributed by atoms with Crippen molar-refractivity contribution < 1.29 is 14.6 Å². The highest BCUT2D eigenvalue weighted by molar-refractivity contribution is 5.92. The van der Waals surface area contributed by atoms with Crippen molar-refractivity contribution in [3.63, 3.8) is 0 Å². The molecule has 4 heterocycles. The van der Waals surface area contributed by atoms with E-state index in [1.807, 2.05) is 37.1 Å². The first kappa shape index (κ1) is 20.5. The van der Waals surface area contributed by atoms with Crippen LogP contribution in [0.3, 0.4) is 0 Å². The molecule has 8 nitrogen and oxygen atoms in total. The number of carbonyl (C=O) groups excluding carboxylic acids is 1. The first-order chi connectivity index (χ1) is 15.0. The second-order valence-corrected chi connectivity index (χ2v) is 9.20. The molecule has 0 unspecified atom stereocenters. The third-order valence-electron chi connectivity index (χ3n) is 6.96. The van der Waals surface area contributed by atoms with Crippen LogP contribution in [0.5, 0.6) is 5.75 Å². The van der Waals surface area contributed by atoms with Crippen LogP contribution in [0.4, 0.5) is 0 Å². The van der Waals surface area contributed by atoms with Crippen LogP contribution >= 0.6 is 0 Å². The van der Waals surface area contributed by atoms with E-state index < -0.39 is 6.10 Å². The fraction of sp³-hybridized carbons (Fsp3) is 0.609. The van der Waals surface area contributed by atoms with Crippen molar-refractivity contribution in [2.75, 3.05) is 26.2 Å². The van der Waals surface area contributed by atoms with Gasteiger partial charge in [-0.3, -0.25) is 9.78 Å². The normalized spacial score (nSPS) is 28.0. The molecule has 0 bridgehead atoms. The minimum absolute atomic E-state index is 0.00784. The third-order valence-corrected chi connectivity index (χ3v) is 6.96. The first-order valence-electron chi connectivity index (χ1n) is 11.3. The van der Waals surface area contributed by atoms with Crippen LogP contribution in [0.25, 0.3) is 0 Å². The van der Waals surface area contributed by atoms with E-state index in [1.165, 1.54) is 0 Å². The number of pyridine rings is 1. The second kappa shape index (κ2) is 8.24. The molecule has 2 fully saturated rings. The summed E-state index contributed by atoms with van der Waals surface area (Å²) in [6.45, 7) is 7.91. The highest BCUT2D eigenvalue weighted by Crippen LogP contribution is 2.38. The predicted octanol–water partition coefficient (Wildman–Crippen LogP) is 1.33. The summed E-state index contributed by atoms with van der Waals surface area (Å²) in [4.78, 5) is 24.2. The standard InChI is InChI=1S/C23H31N5O3/c1-14-3-4-20(15(2)25-14)31-21-10-17-12-28(11-16(17)9-19(21)29)23(30)18-13-27-8-7-24-6-5-22(27)26-18/h3-4,13,16-17,19,21,24,29H,5-12H2,1-2H3/t16-,17+,19+,21+/m0/s1. The van der Waals surface area contributed by atoms with Crippen LogP contribution in [0.15, 0.2) is 18.3 Å². The number of ether oxygens (including phenoxy) is 1. The SMILES string of the molecule is Cc1ccc(O[C@@H]2C[C@@H]3CN(C(=O)c4cn5c(n4)CCNCC5)C[C@@H]3C[C@H]2O)c(C)n1. The summed E-state index contributed by atoms with van der Waals surface area (Å²) in [6, 6.07) is 3.86. The van der Waals surface area contributed by atoms with Crippen LogP contribution in [0.1, 0.15) is 40.5 Å². The van der Waals surface area contributed by atoms with E-state index in [0.29, 0.717) is 37.0 Å². The first-order valence-corrected chi connectivity index (χ1v) is 11.3. The average molecular weight is 426 g/mol. The number of likely N-dealkylation sites (tertiary alicyclic amines) is 1. The maximum absolute atomic E-state index is 13.2. The number of aliphatic hydroxyl groups excluding tert-OH is 1. The lowest BCUT2D eigenvalue weighted by Gasteiger charge is -2.35. The van der Waals surface area contributed by atoms with E-state index in [2.05, 4.69) is 19.9 Å². The number of hydrogen-bond donors (Lipinski definition) is 2. The van der Waals surface area contributed by atoms with Gasteiger partial charge in [0.05, 0.1) is 11.8 Å². The number of aryl methyl sites for hydroxylation is 2. The molecular formula is C23H31N5O3. The van der Waals surface area contributed by atoms with Crippen molar-refractivity contribution >= 4 is 5.91 Å². The Labute approximate surface area is 182 Å². The van der Waals surface area contributed by atoms with Crippen LogP contribution in [-0.4, -0.2) is 68.8 Å². The monoisotopic (exact) mass is 425 g/mol. The molecule has 5 rings (SSSR count). The fourth-order valence-corrected chi connectivity index (χ4v) is 5.28. The summed E-state index contributed by atoms with van der Waals surface area (Å²) in [5.74, 6) is 2.36. The van der Waals surface area contributed by atoms with Gasteiger partial charge in [-0.05, 0) is 50.7 Å². The number of fused-ring (bicyclic) bond motifs is 2. The lowest BCUT2D eigenvalue weighted by molar-refractivity contribution is -0.0236. The number of carbonyl (C=O) groups is 1. The van der Waals surface area contributed by atoms with E-state index in [9.17, 15) is 9.90 Å². The molecule has 2 N–H and O–H groups in total. The molecule has 1 saturated heterocycles. The number of nitrogens with one attached hydrogen (secondary N) is 1. The third kappa shape index (κ3) is 4.06. The molecule has 166 valence electrons. The van der Waals surface area contributed by atoms with Crippen molar-refractivity contribution in [3.05, 3.63) is 41.2 Å². The molecule has 1 amide bonds. The largest absolute Gasteiger partial charge is 0.486 e. The molecule has 2 aromatic rings. The number of rotatable bonds is 3. The number of aliphatic hydroxyl groups is 1. The van der Waals surface area contributed by atoms with Crippen LogP contribution < -0.4 is 10.1 Å². The summed E-state index contributed by atoms with van der Waals surface area (Å²) >= 11 is 0. The Hall–Kier alpha value is -2.45. The van der Waals surface area contributed by atoms with E-state index in [1.54, 1.807) is 0 Å². The average Bonchev–Trinajstić information content (AvgIpc) is 3.27. The molecule has 3 aliphatic rings. The van der Waals surface area contributed by atoms with Crippen molar-refractivity contribution in [2.24, 2.45) is 11.8 Å². The Morgan fingerprint density at radius 3 is 2.77 bits per heavy atom. The van der Waals surface area contributed by atoms with Gasteiger partial charge in [0.25, 0.3) is 5.91 Å². The van der Waals surface area contributed by atoms with E-state index in [0.717, 1.165) is 55.4 Å². The van der Waals surface area contributed by atoms with Gasteiger partial charge in [-0.15, -0.1) is 0 Å². The lowest BCUT2D eigenvalue weighted by Crippen LogP contribution is -2.42. The van der Waals surface area contributed by atoms with Crippen LogP contribution in [-0.2, 0) is 13.0 Å². The van der Waals surface area contributed by atoms with Crippen LogP contribution in [0.2, 0.25) is 0 Å². The molecule has 1 aliphatic carbocycles. The maximum atomic E-state index is 13.2. The van der Waals surface area contributed by atoms with Gasteiger partial charge in [-0.2, -0.15) is 0 Å². The molecule has 2 aromatic heterocycles. The molecule has 2 aliphatic heterocycles. The lowest BCUT2D eigenvalue weighted by atomic mass is 9.78. The summed E-state index contributed by atoms with van der Waals surface area (Å²) in [5, 5.41) is 14.1. The van der Waals surface area contributed by atoms with Gasteiger partial charge < -0.3 is 24.6 Å². The molecular weight excluding hydrogens is 394 g/mol. The van der Waals surface area contributed by atoms with E-state index in [4.69, 9.17) is 4.74 Å². The summed E-state index contributed by atoms with van der Waals surface area (Å²) in [6.07, 6.45) is 3.35. The number of aromatic nitrogens is 3. The quantitative estimate of drug-likeness (QED) is 0.771. The van der Waals surface area contributed by atoms with Gasteiger partial charge in [-0.25, -0.2) is 4.98 Å². The van der Waals surface area contributed by atoms with Gasteiger partial charge >= 0.3 is 0 Å². The predicted molar refractivity (Wildman–Crippen MR) is 115 cm³/mol. The Morgan fingerprint density at radius 2 is 1.97 bits per heavy atom. The molecule has 0 spiro atoms. The number of amides is 1. The Kier molecular flexibility index (Phi) is 5.44. The van der Waals surface area contributed by atoms with Crippen molar-refractivity contribution in [2.45, 2.75) is 51.9 Å². The number of hydrogen-bond acceptors (Lipinski definition) is 6. The Bertz CT molecular complexity index is 951. The zero-order valence-corrected chi connectivity index (χ0v) is 18.3. The number of imidazole rings is 1. The van der Waals surface area contributed by atoms with Crippen molar-refractivity contribution in [3.8, 4) is 5.75 Å². The molecule has 1 saturated carbocycles. The summed E-state index contributed by atoms with van der Waals surface area (Å²) in [5.41, 5.74) is 2.34. The van der Waals surface area contributed by atoms with Gasteiger partial charge in [0.15, 0.2) is 0 Å². The topological polar surface area (TPSA) is 92.5 Å². The maximum Gasteiger partial charge on any atom is 0.274 e. The van der Waals surface area contributed by atoms with Gasteiger partial charge in [-0.1, -0.05) is 0 Å². The molecule has 4 atom stereocenters. The summed E-state index contributed by atoms with van der Waals surface area (Å²) in [7, 11) is 0. The molecule has 31 heavy (non-hydrogen) atoms. The van der Waals surface area contributed by atoms with Gasteiger partial charge in [0.2, 0.25) is 0 Å². The minimum Gasteiger partial charge on any atom is -0.486 e. The summed E-state index contributed by atoms with van der Waals surface area (Å²) < 4.78 is 8.27. The van der Waals surface area contributed by atoms with Crippen LogP contribution in [0, 0.1) is 25.7 Å². The second-order valence-electron chi connectivity index (χ2n) is 9.20. The van der Waals surface area contributed by atoms with Gasteiger partial charge in [0, 0.05) is 51.0 Å². The Morgan fingerprint density at radius 1 is 1.16 bits per heavy atom. The molecule has 8 heteroatoms. The minimum atomic E-state index is -0.534. The zero-order chi connectivity index (χ0) is 21.5. The molecule has 0 radical (unpaired) electrons. The molecule has 0 aromatic carbocycles. The van der Waals surface area contributed by atoms with Gasteiger partial charge in [0.1, 0.15) is 23.4 Å². The smallest absolute Gasteiger partial charge is 0.274 e. The fourth-order valence-electron chi connectivity index (χ4n) is 5.28. The number of nitrogens with zero attached hydrogens (tertiary/aromatic N) is 4. The van der Waals surface area contributed by atoms with Crippen molar-refractivity contribution in [1.29, 1.82) is 0 Å². The highest BCUT2D eigenvalue weighted by Gasteiger charge is 2.44. The highest BCUT2D eigenvalue weighted by atomic mass is 16.5. The van der Waals surface area contributed by atoms with E-state index in [-0.39, 0.29) is 12.0 Å².